The second-order valence-electron chi connectivity index (χ2n) is 2.51. The molecule has 0 rings (SSSR count). The van der Waals surface area contributed by atoms with Crippen LogP contribution in [0.25, 0.3) is 0 Å². The van der Waals surface area contributed by atoms with Crippen LogP contribution in [0.2, 0.25) is 0 Å². The zero-order valence-corrected chi connectivity index (χ0v) is 7.79. The lowest BCUT2D eigenvalue weighted by Gasteiger charge is -2.11. The molecule has 0 aromatic carbocycles. The van der Waals surface area contributed by atoms with Crippen molar-refractivity contribution in [3.8, 4) is 0 Å². The predicted octanol–water partition coefficient (Wildman–Crippen LogP) is 0.766. The fourth-order valence-corrected chi connectivity index (χ4v) is 0.703. The van der Waals surface area contributed by atoms with Gasteiger partial charge in [0.15, 0.2) is 0 Å². The van der Waals surface area contributed by atoms with Crippen LogP contribution in [0.4, 0.5) is 0 Å². The number of carbonyl (C=O) groups excluding carboxylic acids is 2. The molecule has 0 aliphatic heterocycles. The molecule has 0 N–H and O–H groups in total. The van der Waals surface area contributed by atoms with E-state index in [4.69, 9.17) is 0 Å². The normalized spacial score (nSPS) is 9.58. The van der Waals surface area contributed by atoms with Gasteiger partial charge in [0.05, 0.1) is 7.11 Å². The second-order valence-corrected chi connectivity index (χ2v) is 2.51. The number of amides is 1. The summed E-state index contributed by atoms with van der Waals surface area (Å²) in [6.45, 7) is 1.97. The molecule has 0 aliphatic rings. The third-order valence-corrected chi connectivity index (χ3v) is 1.56. The maximum Gasteiger partial charge on any atom is 0.313 e. The van der Waals surface area contributed by atoms with E-state index in [-0.39, 0.29) is 5.78 Å². The van der Waals surface area contributed by atoms with Crippen molar-refractivity contribution in [2.45, 2.75) is 26.2 Å². The van der Waals surface area contributed by atoms with Gasteiger partial charge in [0.2, 0.25) is 5.78 Å². The third-order valence-electron chi connectivity index (χ3n) is 1.56. The molecule has 0 bridgehead atoms. The fourth-order valence-electron chi connectivity index (χ4n) is 0.703. The summed E-state index contributed by atoms with van der Waals surface area (Å²) in [4.78, 5) is 26.6. The molecule has 0 spiro atoms. The summed E-state index contributed by atoms with van der Waals surface area (Å²) in [5.74, 6) is -0.966. The molecule has 0 aromatic heterocycles. The lowest BCUT2D eigenvalue weighted by Crippen LogP contribution is -2.32. The van der Waals surface area contributed by atoms with Crippen LogP contribution >= 0.6 is 0 Å². The first-order chi connectivity index (χ1) is 5.63. The van der Waals surface area contributed by atoms with Gasteiger partial charge in [-0.05, 0) is 6.42 Å². The quantitative estimate of drug-likeness (QED) is 0.455. The summed E-state index contributed by atoms with van der Waals surface area (Å²) in [6, 6.07) is 0. The van der Waals surface area contributed by atoms with Crippen LogP contribution in [-0.2, 0) is 14.4 Å². The van der Waals surface area contributed by atoms with Crippen molar-refractivity contribution >= 4 is 11.7 Å². The number of rotatable bonds is 5. The van der Waals surface area contributed by atoms with Crippen molar-refractivity contribution < 1.29 is 14.4 Å². The topological polar surface area (TPSA) is 46.6 Å². The minimum atomic E-state index is -0.578. The molecule has 4 heteroatoms. The standard InChI is InChI=1S/C8H15NO3/c1-4-5-6-7(10)8(11)9(2)12-3/h4-6H2,1-3H3. The number of carbonyl (C=O) groups is 2. The van der Waals surface area contributed by atoms with E-state index in [1.807, 2.05) is 6.92 Å². The zero-order valence-electron chi connectivity index (χ0n) is 7.79. The number of nitrogens with zero attached hydrogens (tertiary/aromatic N) is 1. The van der Waals surface area contributed by atoms with Gasteiger partial charge in [-0.15, -0.1) is 0 Å². The Bertz CT molecular complexity index is 168. The summed E-state index contributed by atoms with van der Waals surface area (Å²) in [7, 11) is 2.77. The van der Waals surface area contributed by atoms with Crippen LogP contribution in [0, 0.1) is 0 Å². The van der Waals surface area contributed by atoms with Crippen LogP contribution in [0.15, 0.2) is 0 Å². The van der Waals surface area contributed by atoms with Crippen LogP contribution in [-0.4, -0.2) is 30.9 Å². The van der Waals surface area contributed by atoms with E-state index < -0.39 is 5.91 Å². The fraction of sp³-hybridized carbons (Fsp3) is 0.750. The number of likely N-dealkylation sites (N-methyl/N-ethyl adjacent to an activating group) is 1. The van der Waals surface area contributed by atoms with E-state index in [2.05, 4.69) is 4.84 Å². The van der Waals surface area contributed by atoms with Gasteiger partial charge in [0, 0.05) is 13.5 Å². The first-order valence-corrected chi connectivity index (χ1v) is 3.98. The maximum absolute atomic E-state index is 11.0. The largest absolute Gasteiger partial charge is 0.313 e. The van der Waals surface area contributed by atoms with Gasteiger partial charge in [-0.25, -0.2) is 5.06 Å². The van der Waals surface area contributed by atoms with E-state index >= 15 is 0 Å². The Kier molecular flexibility index (Phi) is 5.28. The molecule has 0 unspecified atom stereocenters. The summed E-state index contributed by atoms with van der Waals surface area (Å²) in [5.41, 5.74) is 0. The number of unbranched alkanes of at least 4 members (excludes halogenated alkanes) is 1. The van der Waals surface area contributed by atoms with Gasteiger partial charge in [-0.3, -0.25) is 14.4 Å². The minimum absolute atomic E-state index is 0.309. The van der Waals surface area contributed by atoms with Gasteiger partial charge in [0.1, 0.15) is 0 Å². The minimum Gasteiger partial charge on any atom is -0.289 e. The number of hydrogen-bond donors (Lipinski definition) is 0. The number of ketones is 1. The van der Waals surface area contributed by atoms with Gasteiger partial charge in [-0.1, -0.05) is 13.3 Å². The average Bonchev–Trinajstić information content (AvgIpc) is 2.11. The molecule has 12 heavy (non-hydrogen) atoms. The van der Waals surface area contributed by atoms with Crippen molar-refractivity contribution in [3.63, 3.8) is 0 Å². The number of hydrogen-bond acceptors (Lipinski definition) is 3. The lowest BCUT2D eigenvalue weighted by atomic mass is 10.2. The van der Waals surface area contributed by atoms with Crippen molar-refractivity contribution in [1.29, 1.82) is 0 Å². The van der Waals surface area contributed by atoms with E-state index in [0.717, 1.165) is 17.9 Å². The first kappa shape index (κ1) is 11.1. The summed E-state index contributed by atoms with van der Waals surface area (Å²) in [5, 5.41) is 0.942. The Hall–Kier alpha value is -0.900. The smallest absolute Gasteiger partial charge is 0.289 e. The van der Waals surface area contributed by atoms with E-state index in [1.165, 1.54) is 14.2 Å². The molecule has 4 nitrogen and oxygen atoms in total. The molecule has 0 aromatic rings. The van der Waals surface area contributed by atoms with Crippen LogP contribution in [0.1, 0.15) is 26.2 Å². The highest BCUT2D eigenvalue weighted by molar-refractivity contribution is 6.35. The molecule has 0 radical (unpaired) electrons. The molecular formula is C8H15NO3. The number of Topliss-reactive ketones (excluding diaryl/α,β-unsaturated/α-hetero) is 1. The van der Waals surface area contributed by atoms with Gasteiger partial charge < -0.3 is 0 Å². The van der Waals surface area contributed by atoms with Gasteiger partial charge in [0.25, 0.3) is 0 Å². The van der Waals surface area contributed by atoms with Crippen LogP contribution in [0.5, 0.6) is 0 Å². The molecule has 0 saturated heterocycles. The maximum atomic E-state index is 11.0. The van der Waals surface area contributed by atoms with E-state index in [0.29, 0.717) is 6.42 Å². The monoisotopic (exact) mass is 173 g/mol. The summed E-state index contributed by atoms with van der Waals surface area (Å²) < 4.78 is 0. The molecule has 0 atom stereocenters. The number of hydroxylamine groups is 2. The molecule has 70 valence electrons. The Labute approximate surface area is 72.4 Å². The molecule has 0 saturated carbocycles. The highest BCUT2D eigenvalue weighted by atomic mass is 16.7. The van der Waals surface area contributed by atoms with Crippen molar-refractivity contribution in [1.82, 2.24) is 5.06 Å². The highest BCUT2D eigenvalue weighted by Gasteiger charge is 2.17. The molecule has 0 fully saturated rings. The lowest BCUT2D eigenvalue weighted by molar-refractivity contribution is -0.172. The van der Waals surface area contributed by atoms with Crippen LogP contribution < -0.4 is 0 Å². The van der Waals surface area contributed by atoms with Crippen molar-refractivity contribution in [2.24, 2.45) is 0 Å². The van der Waals surface area contributed by atoms with Gasteiger partial charge >= 0.3 is 5.91 Å². The van der Waals surface area contributed by atoms with Crippen LogP contribution in [0.3, 0.4) is 0 Å². The van der Waals surface area contributed by atoms with E-state index in [1.54, 1.807) is 0 Å². The molecule has 0 aliphatic carbocycles. The zero-order chi connectivity index (χ0) is 9.56. The molecular weight excluding hydrogens is 158 g/mol. The average molecular weight is 173 g/mol. The summed E-state index contributed by atoms with van der Waals surface area (Å²) in [6.07, 6.45) is 1.97. The first-order valence-electron chi connectivity index (χ1n) is 3.98. The van der Waals surface area contributed by atoms with E-state index in [9.17, 15) is 9.59 Å². The van der Waals surface area contributed by atoms with Crippen molar-refractivity contribution in [2.75, 3.05) is 14.2 Å². The second kappa shape index (κ2) is 5.71. The molecule has 1 amide bonds. The van der Waals surface area contributed by atoms with Crippen molar-refractivity contribution in [3.05, 3.63) is 0 Å². The predicted molar refractivity (Wildman–Crippen MR) is 44.3 cm³/mol. The Morgan fingerprint density at radius 2 is 2.00 bits per heavy atom. The molecule has 0 heterocycles. The van der Waals surface area contributed by atoms with Gasteiger partial charge in [-0.2, -0.15) is 0 Å². The Morgan fingerprint density at radius 3 is 2.42 bits per heavy atom. The SMILES string of the molecule is CCCCC(=O)C(=O)N(C)OC. The summed E-state index contributed by atoms with van der Waals surface area (Å²) >= 11 is 0. The Balaban J connectivity index is 3.85. The highest BCUT2D eigenvalue weighted by Crippen LogP contribution is 1.97. The Morgan fingerprint density at radius 1 is 1.42 bits per heavy atom. The third kappa shape index (κ3) is 3.48.